The van der Waals surface area contributed by atoms with E-state index in [4.69, 9.17) is 9.47 Å². The molecular weight excluding hydrogens is 580 g/mol. The average molecular weight is 621 g/mol. The molecule has 4 atom stereocenters. The van der Waals surface area contributed by atoms with Crippen LogP contribution >= 0.6 is 0 Å². The van der Waals surface area contributed by atoms with Crippen molar-refractivity contribution in [1.29, 1.82) is 0 Å². The summed E-state index contributed by atoms with van der Waals surface area (Å²) in [6, 6.07) is 16.9. The normalized spacial score (nSPS) is 24.7. The first-order valence-electron chi connectivity index (χ1n) is 16.8. The smallest absolute Gasteiger partial charge is 0.252 e. The summed E-state index contributed by atoms with van der Waals surface area (Å²) >= 11 is 0. The predicted octanol–water partition coefficient (Wildman–Crippen LogP) is 5.82. The number of benzene rings is 2. The SMILES string of the molecule is O=C([C@@H]1CCCO1)N1CCCC1c1ncc(-c2ccc(-c3ccc(-c4cnc(C5CCCN5C(=O)[C@@H]5CCCO5)[nH]4)cc3)cc2)[nH]1. The van der Waals surface area contributed by atoms with Crippen molar-refractivity contribution in [1.82, 2.24) is 29.7 Å². The Hall–Kier alpha value is -4.28. The lowest BCUT2D eigenvalue weighted by molar-refractivity contribution is -0.142. The van der Waals surface area contributed by atoms with Crippen LogP contribution in [0.3, 0.4) is 0 Å². The van der Waals surface area contributed by atoms with Crippen LogP contribution < -0.4 is 0 Å². The summed E-state index contributed by atoms with van der Waals surface area (Å²) in [5, 5.41) is 0. The topological polar surface area (TPSA) is 116 Å². The van der Waals surface area contributed by atoms with Gasteiger partial charge in [0, 0.05) is 26.3 Å². The van der Waals surface area contributed by atoms with Crippen molar-refractivity contribution >= 4 is 11.8 Å². The molecule has 0 bridgehead atoms. The number of nitrogens with one attached hydrogen (secondary N) is 2. The Kier molecular flexibility index (Phi) is 7.91. The Morgan fingerprint density at radius 1 is 0.587 bits per heavy atom. The molecule has 4 fully saturated rings. The Morgan fingerprint density at radius 3 is 1.39 bits per heavy atom. The molecule has 8 rings (SSSR count). The molecule has 0 aliphatic carbocycles. The Bertz CT molecular complexity index is 1560. The van der Waals surface area contributed by atoms with Gasteiger partial charge in [0.05, 0.1) is 35.9 Å². The number of hydrogen-bond donors (Lipinski definition) is 2. The fourth-order valence-corrected chi connectivity index (χ4v) is 7.53. The summed E-state index contributed by atoms with van der Waals surface area (Å²) in [4.78, 5) is 46.4. The predicted molar refractivity (Wildman–Crippen MR) is 172 cm³/mol. The minimum atomic E-state index is -0.301. The number of carbonyl (C=O) groups excluding carboxylic acids is 2. The van der Waals surface area contributed by atoms with E-state index >= 15 is 0 Å². The van der Waals surface area contributed by atoms with Crippen molar-refractivity contribution in [3.05, 3.63) is 72.6 Å². The monoisotopic (exact) mass is 620 g/mol. The number of amides is 2. The van der Waals surface area contributed by atoms with Crippen LogP contribution in [0, 0.1) is 0 Å². The third-order valence-corrected chi connectivity index (χ3v) is 10.0. The molecule has 10 heteroatoms. The molecule has 238 valence electrons. The number of rotatable bonds is 7. The molecule has 0 spiro atoms. The van der Waals surface area contributed by atoms with Gasteiger partial charge in [0.1, 0.15) is 23.9 Å². The summed E-state index contributed by atoms with van der Waals surface area (Å²) in [5.74, 6) is 1.89. The van der Waals surface area contributed by atoms with E-state index in [1.54, 1.807) is 0 Å². The number of aromatic nitrogens is 4. The maximum absolute atomic E-state index is 13.1. The third kappa shape index (κ3) is 5.54. The molecule has 2 N–H and O–H groups in total. The zero-order chi connectivity index (χ0) is 31.0. The number of carbonyl (C=O) groups is 2. The van der Waals surface area contributed by atoms with Crippen LogP contribution in [-0.2, 0) is 19.1 Å². The second kappa shape index (κ2) is 12.5. The number of likely N-dealkylation sites (tertiary alicyclic amines) is 2. The average Bonchev–Trinajstić information content (AvgIpc) is 3.95. The Labute approximate surface area is 268 Å². The molecule has 0 radical (unpaired) electrons. The number of hydrogen-bond acceptors (Lipinski definition) is 6. The number of aromatic amines is 2. The molecule has 2 unspecified atom stereocenters. The molecule has 46 heavy (non-hydrogen) atoms. The largest absolute Gasteiger partial charge is 0.368 e. The van der Waals surface area contributed by atoms with Crippen molar-refractivity contribution in [2.45, 2.75) is 75.7 Å². The first kappa shape index (κ1) is 29.1. The molecule has 6 heterocycles. The molecule has 2 aromatic carbocycles. The minimum Gasteiger partial charge on any atom is -0.368 e. The Balaban J connectivity index is 0.927. The molecule has 4 aliphatic rings. The zero-order valence-electron chi connectivity index (χ0n) is 26.0. The standard InChI is InChI=1S/C36H40N6O4/c43-35(31-7-3-19-45-31)41-17-1-5-29(41)33-37-21-27(39-33)25-13-9-23(10-14-25)24-11-15-26(16-12-24)28-22-38-34(40-28)30-6-2-18-42(30)36(44)32-8-4-20-46-32/h9-16,21-22,29-32H,1-8,17-20H2,(H,37,39)(H,38,40)/t29?,30?,31-,32-/m0/s1. The van der Waals surface area contributed by atoms with Crippen LogP contribution in [0.1, 0.15) is 75.1 Å². The summed E-state index contributed by atoms with van der Waals surface area (Å²) < 4.78 is 11.3. The number of H-pyrrole nitrogens is 2. The van der Waals surface area contributed by atoms with E-state index < -0.39 is 0 Å². The first-order valence-corrected chi connectivity index (χ1v) is 16.8. The molecular formula is C36H40N6O4. The van der Waals surface area contributed by atoms with Crippen LogP contribution in [0.5, 0.6) is 0 Å². The highest BCUT2D eigenvalue weighted by molar-refractivity contribution is 5.82. The van der Waals surface area contributed by atoms with Gasteiger partial charge in [-0.15, -0.1) is 0 Å². The molecule has 10 nitrogen and oxygen atoms in total. The van der Waals surface area contributed by atoms with E-state index in [9.17, 15) is 9.59 Å². The minimum absolute atomic E-state index is 0.0275. The van der Waals surface area contributed by atoms with Crippen LogP contribution in [0.2, 0.25) is 0 Å². The van der Waals surface area contributed by atoms with Crippen molar-refractivity contribution in [2.24, 2.45) is 0 Å². The summed E-state index contributed by atoms with van der Waals surface area (Å²) in [5.41, 5.74) is 6.25. The van der Waals surface area contributed by atoms with Gasteiger partial charge in [-0.1, -0.05) is 48.5 Å². The van der Waals surface area contributed by atoms with Crippen molar-refractivity contribution in [2.75, 3.05) is 26.3 Å². The molecule has 4 aliphatic heterocycles. The lowest BCUT2D eigenvalue weighted by Gasteiger charge is -2.25. The van der Waals surface area contributed by atoms with Crippen molar-refractivity contribution in [3.63, 3.8) is 0 Å². The van der Waals surface area contributed by atoms with Crippen LogP contribution in [0.4, 0.5) is 0 Å². The summed E-state index contributed by atoms with van der Waals surface area (Å²) in [6.07, 6.45) is 10.4. The molecule has 0 saturated carbocycles. The van der Waals surface area contributed by atoms with E-state index in [1.165, 1.54) is 0 Å². The second-order valence-corrected chi connectivity index (χ2v) is 12.9. The number of ether oxygens (including phenoxy) is 2. The van der Waals surface area contributed by atoms with Gasteiger partial charge in [-0.25, -0.2) is 9.97 Å². The van der Waals surface area contributed by atoms with Gasteiger partial charge in [-0.05, 0) is 73.6 Å². The molecule has 2 aromatic heterocycles. The Morgan fingerprint density at radius 2 is 1.00 bits per heavy atom. The van der Waals surface area contributed by atoms with Gasteiger partial charge in [0.2, 0.25) is 0 Å². The molecule has 4 aromatic rings. The van der Waals surface area contributed by atoms with E-state index in [2.05, 4.69) is 68.5 Å². The maximum atomic E-state index is 13.1. The van der Waals surface area contributed by atoms with Gasteiger partial charge in [-0.3, -0.25) is 9.59 Å². The van der Waals surface area contributed by atoms with Gasteiger partial charge in [0.15, 0.2) is 0 Å². The summed E-state index contributed by atoms with van der Waals surface area (Å²) in [7, 11) is 0. The fourth-order valence-electron chi connectivity index (χ4n) is 7.53. The van der Waals surface area contributed by atoms with Gasteiger partial charge >= 0.3 is 0 Å². The van der Waals surface area contributed by atoms with Crippen molar-refractivity contribution in [3.8, 4) is 33.6 Å². The highest BCUT2D eigenvalue weighted by atomic mass is 16.5. The van der Waals surface area contributed by atoms with Crippen LogP contribution in [0.15, 0.2) is 60.9 Å². The van der Waals surface area contributed by atoms with Crippen LogP contribution in [0.25, 0.3) is 33.6 Å². The highest BCUT2D eigenvalue weighted by Gasteiger charge is 2.38. The highest BCUT2D eigenvalue weighted by Crippen LogP contribution is 2.35. The number of imidazole rings is 2. The van der Waals surface area contributed by atoms with E-state index in [0.717, 1.165) is 110 Å². The van der Waals surface area contributed by atoms with Gasteiger partial charge < -0.3 is 29.2 Å². The molecule has 2 amide bonds. The zero-order valence-corrected chi connectivity index (χ0v) is 26.0. The maximum Gasteiger partial charge on any atom is 0.252 e. The van der Waals surface area contributed by atoms with E-state index in [0.29, 0.717) is 13.2 Å². The fraction of sp³-hybridized carbons (Fsp3) is 0.444. The lowest BCUT2D eigenvalue weighted by Crippen LogP contribution is -2.38. The van der Waals surface area contributed by atoms with Gasteiger partial charge in [-0.2, -0.15) is 0 Å². The van der Waals surface area contributed by atoms with E-state index in [-0.39, 0.29) is 36.1 Å². The lowest BCUT2D eigenvalue weighted by atomic mass is 10.0. The van der Waals surface area contributed by atoms with Crippen LogP contribution in [-0.4, -0.2) is 80.1 Å². The molecule has 4 saturated heterocycles. The quantitative estimate of drug-likeness (QED) is 0.269. The van der Waals surface area contributed by atoms with Gasteiger partial charge in [0.25, 0.3) is 11.8 Å². The summed E-state index contributed by atoms with van der Waals surface area (Å²) in [6.45, 7) is 2.85. The van der Waals surface area contributed by atoms with E-state index in [1.807, 2.05) is 22.2 Å². The first-order chi connectivity index (χ1) is 22.6. The number of nitrogens with zero attached hydrogens (tertiary/aromatic N) is 4. The van der Waals surface area contributed by atoms with Crippen molar-refractivity contribution < 1.29 is 19.1 Å². The third-order valence-electron chi connectivity index (χ3n) is 10.0. The second-order valence-electron chi connectivity index (χ2n) is 12.9.